The first-order valence-electron chi connectivity index (χ1n) is 8.33. The Bertz CT molecular complexity index is 876. The predicted octanol–water partition coefficient (Wildman–Crippen LogP) is 6.81. The summed E-state index contributed by atoms with van der Waals surface area (Å²) in [5, 5.41) is 1.84. The second-order valence-corrected chi connectivity index (χ2v) is 8.14. The molecule has 0 aliphatic rings. The summed E-state index contributed by atoms with van der Waals surface area (Å²) < 4.78 is 10.4. The van der Waals surface area contributed by atoms with E-state index in [1.807, 2.05) is 18.2 Å². The Kier molecular flexibility index (Phi) is 8.73. The Morgan fingerprint density at radius 1 is 0.897 bits per heavy atom. The molecule has 2 aromatic rings. The topological polar surface area (TPSA) is 64.6 Å². The molecule has 1 amide bonds. The molecule has 1 atom stereocenters. The summed E-state index contributed by atoms with van der Waals surface area (Å²) in [7, 11) is 0. The lowest BCUT2D eigenvalue weighted by Gasteiger charge is -2.21. The van der Waals surface area contributed by atoms with Crippen molar-refractivity contribution in [3.63, 3.8) is 0 Å². The van der Waals surface area contributed by atoms with Gasteiger partial charge in [-0.05, 0) is 11.5 Å². The Hall–Kier alpha value is -1.37. The highest BCUT2D eigenvalue weighted by molar-refractivity contribution is 6.55. The Labute approximate surface area is 193 Å². The number of benzene rings is 2. The van der Waals surface area contributed by atoms with Gasteiger partial charge in [0.15, 0.2) is 5.75 Å². The van der Waals surface area contributed by atoms with E-state index in [1.165, 1.54) is 0 Å². The maximum atomic E-state index is 12.6. The summed E-state index contributed by atoms with van der Waals surface area (Å²) in [5.74, 6) is -1.40. The molecule has 0 saturated heterocycles. The van der Waals surface area contributed by atoms with Gasteiger partial charge in [-0.1, -0.05) is 102 Å². The second-order valence-electron chi connectivity index (χ2n) is 6.25. The van der Waals surface area contributed by atoms with Crippen molar-refractivity contribution in [1.82, 2.24) is 5.32 Å². The summed E-state index contributed by atoms with van der Waals surface area (Å²) in [4.78, 5) is 24.8. The van der Waals surface area contributed by atoms with Crippen molar-refractivity contribution in [2.24, 2.45) is 5.92 Å². The summed E-state index contributed by atoms with van der Waals surface area (Å²) in [5.41, 5.74) is 0.801. The van der Waals surface area contributed by atoms with E-state index in [2.05, 4.69) is 5.32 Å². The smallest absolute Gasteiger partial charge is 0.408 e. The van der Waals surface area contributed by atoms with Crippen molar-refractivity contribution in [3.05, 3.63) is 61.0 Å². The quantitative estimate of drug-likeness (QED) is 0.205. The van der Waals surface area contributed by atoms with E-state index in [9.17, 15) is 9.59 Å². The molecule has 0 saturated carbocycles. The number of nitrogens with one attached hydrogen (secondary N) is 1. The van der Waals surface area contributed by atoms with Crippen LogP contribution in [0.25, 0.3) is 0 Å². The fourth-order valence-corrected chi connectivity index (χ4v) is 3.43. The number of esters is 1. The van der Waals surface area contributed by atoms with Crippen molar-refractivity contribution in [3.8, 4) is 5.75 Å². The molecule has 156 valence electrons. The van der Waals surface area contributed by atoms with Crippen LogP contribution in [0.5, 0.6) is 5.75 Å². The summed E-state index contributed by atoms with van der Waals surface area (Å²) in [6.45, 7) is 3.48. The molecule has 0 fully saturated rings. The third kappa shape index (κ3) is 6.06. The largest absolute Gasteiger partial charge is 0.445 e. The van der Waals surface area contributed by atoms with Crippen LogP contribution >= 0.6 is 58.0 Å². The average Bonchev–Trinajstić information content (AvgIpc) is 2.71. The lowest BCUT2D eigenvalue weighted by molar-refractivity contribution is -0.137. The third-order valence-electron chi connectivity index (χ3n) is 3.78. The highest BCUT2D eigenvalue weighted by atomic mass is 35.5. The molecule has 1 N–H and O–H groups in total. The van der Waals surface area contributed by atoms with Gasteiger partial charge in [0, 0.05) is 0 Å². The summed E-state index contributed by atoms with van der Waals surface area (Å²) in [6, 6.07) is 8.05. The number of alkyl carbamates (subject to hydrolysis) is 1. The maximum absolute atomic E-state index is 12.6. The lowest BCUT2D eigenvalue weighted by atomic mass is 10.1. The number of ether oxygens (including phenoxy) is 2. The minimum atomic E-state index is -1.04. The molecule has 0 radical (unpaired) electrons. The minimum Gasteiger partial charge on any atom is -0.445 e. The number of carbonyl (C=O) groups is 2. The standard InChI is InChI=1S/C19H16Cl5NO4/c1-9(2)16(25-19(27)28-8-10-6-4-3-5-7-10)18(26)29-17-14(23)12(21)11(20)13(22)15(17)24/h3-7,9,16H,8H2,1-2H3,(H,25,27)/t16-/m0/s1. The number of hydrogen-bond acceptors (Lipinski definition) is 4. The van der Waals surface area contributed by atoms with E-state index in [-0.39, 0.29) is 43.4 Å². The van der Waals surface area contributed by atoms with Crippen LogP contribution in [-0.2, 0) is 16.1 Å². The molecule has 0 unspecified atom stereocenters. The molecule has 0 aromatic heterocycles. The number of amides is 1. The first-order chi connectivity index (χ1) is 13.6. The summed E-state index contributed by atoms with van der Waals surface area (Å²) in [6.07, 6.45) is -0.783. The van der Waals surface area contributed by atoms with Crippen LogP contribution in [0.2, 0.25) is 25.1 Å². The first kappa shape index (κ1) is 23.9. The molecular formula is C19H16Cl5NO4. The van der Waals surface area contributed by atoms with E-state index < -0.39 is 18.1 Å². The van der Waals surface area contributed by atoms with Crippen LogP contribution in [0.3, 0.4) is 0 Å². The zero-order valence-electron chi connectivity index (χ0n) is 15.3. The van der Waals surface area contributed by atoms with Crippen LogP contribution in [-0.4, -0.2) is 18.1 Å². The highest BCUT2D eigenvalue weighted by Crippen LogP contribution is 2.48. The van der Waals surface area contributed by atoms with Crippen LogP contribution in [0.4, 0.5) is 4.79 Å². The molecule has 29 heavy (non-hydrogen) atoms. The molecule has 0 heterocycles. The van der Waals surface area contributed by atoms with Crippen molar-refractivity contribution in [2.45, 2.75) is 26.5 Å². The molecule has 0 aliphatic carbocycles. The Morgan fingerprint density at radius 3 is 1.93 bits per heavy atom. The SMILES string of the molecule is CC(C)[C@H](NC(=O)OCc1ccccc1)C(=O)Oc1c(Cl)c(Cl)c(Cl)c(Cl)c1Cl. The molecular weight excluding hydrogens is 483 g/mol. The van der Waals surface area contributed by atoms with Gasteiger partial charge in [0.2, 0.25) is 0 Å². The van der Waals surface area contributed by atoms with Gasteiger partial charge < -0.3 is 14.8 Å². The summed E-state index contributed by atoms with van der Waals surface area (Å²) >= 11 is 30.0. The zero-order valence-corrected chi connectivity index (χ0v) is 19.1. The number of hydrogen-bond donors (Lipinski definition) is 1. The number of carbonyl (C=O) groups excluding carboxylic acids is 2. The minimum absolute atomic E-state index is 0.0482. The molecule has 0 aliphatic heterocycles. The first-order valence-corrected chi connectivity index (χ1v) is 10.2. The molecule has 5 nitrogen and oxygen atoms in total. The van der Waals surface area contributed by atoms with Crippen LogP contribution in [0, 0.1) is 5.92 Å². The zero-order chi connectivity index (χ0) is 21.7. The fourth-order valence-electron chi connectivity index (χ4n) is 2.23. The molecule has 0 spiro atoms. The van der Waals surface area contributed by atoms with E-state index in [4.69, 9.17) is 67.5 Å². The van der Waals surface area contributed by atoms with Gasteiger partial charge in [-0.3, -0.25) is 0 Å². The maximum Gasteiger partial charge on any atom is 0.408 e. The second kappa shape index (κ2) is 10.6. The lowest BCUT2D eigenvalue weighted by Crippen LogP contribution is -2.46. The van der Waals surface area contributed by atoms with E-state index in [0.717, 1.165) is 5.56 Å². The van der Waals surface area contributed by atoms with Gasteiger partial charge in [-0.2, -0.15) is 0 Å². The van der Waals surface area contributed by atoms with Crippen molar-refractivity contribution in [2.75, 3.05) is 0 Å². The molecule has 0 bridgehead atoms. The van der Waals surface area contributed by atoms with Gasteiger partial charge in [0.05, 0.1) is 15.1 Å². The molecule has 10 heteroatoms. The van der Waals surface area contributed by atoms with Crippen LogP contribution < -0.4 is 10.1 Å². The van der Waals surface area contributed by atoms with Gasteiger partial charge in [-0.15, -0.1) is 0 Å². The van der Waals surface area contributed by atoms with Gasteiger partial charge in [0.1, 0.15) is 22.7 Å². The van der Waals surface area contributed by atoms with E-state index in [1.54, 1.807) is 26.0 Å². The van der Waals surface area contributed by atoms with Crippen molar-refractivity contribution in [1.29, 1.82) is 0 Å². The van der Waals surface area contributed by atoms with E-state index in [0.29, 0.717) is 0 Å². The van der Waals surface area contributed by atoms with Gasteiger partial charge in [-0.25, -0.2) is 9.59 Å². The highest BCUT2D eigenvalue weighted by Gasteiger charge is 2.30. The fraction of sp³-hybridized carbons (Fsp3) is 0.263. The van der Waals surface area contributed by atoms with Crippen LogP contribution in [0.1, 0.15) is 19.4 Å². The average molecular weight is 500 g/mol. The normalized spacial score (nSPS) is 11.9. The monoisotopic (exact) mass is 497 g/mol. The van der Waals surface area contributed by atoms with Gasteiger partial charge >= 0.3 is 12.1 Å². The van der Waals surface area contributed by atoms with E-state index >= 15 is 0 Å². The van der Waals surface area contributed by atoms with Crippen LogP contribution in [0.15, 0.2) is 30.3 Å². The number of halogens is 5. The number of rotatable bonds is 6. The predicted molar refractivity (Wildman–Crippen MR) is 116 cm³/mol. The molecule has 2 aromatic carbocycles. The Morgan fingerprint density at radius 2 is 1.41 bits per heavy atom. The Balaban J connectivity index is 2.11. The third-order valence-corrected chi connectivity index (χ3v) is 6.02. The van der Waals surface area contributed by atoms with Gasteiger partial charge in [0.25, 0.3) is 0 Å². The van der Waals surface area contributed by atoms with Crippen molar-refractivity contribution < 1.29 is 19.1 Å². The van der Waals surface area contributed by atoms with Crippen molar-refractivity contribution >= 4 is 70.1 Å². The molecule has 2 rings (SSSR count).